The molecule has 0 bridgehead atoms. The van der Waals surface area contributed by atoms with E-state index in [1.54, 1.807) is 7.11 Å². The molecule has 1 rings (SSSR count). The van der Waals surface area contributed by atoms with Crippen molar-refractivity contribution in [1.29, 1.82) is 0 Å². The van der Waals surface area contributed by atoms with E-state index < -0.39 is 0 Å². The molecule has 0 aliphatic heterocycles. The molecule has 0 amide bonds. The van der Waals surface area contributed by atoms with E-state index in [1.807, 2.05) is 16.9 Å². The van der Waals surface area contributed by atoms with Gasteiger partial charge in [-0.25, -0.2) is 0 Å². The van der Waals surface area contributed by atoms with Gasteiger partial charge in [0.05, 0.1) is 17.8 Å². The van der Waals surface area contributed by atoms with Crippen molar-refractivity contribution in [3.63, 3.8) is 0 Å². The maximum Gasteiger partial charge on any atom is 0.0902 e. The van der Waals surface area contributed by atoms with Crippen LogP contribution in [0.4, 0.5) is 0 Å². The molecule has 3 nitrogen and oxygen atoms in total. The maximum atomic E-state index is 4.98. The minimum Gasteiger partial charge on any atom is -0.378 e. The highest BCUT2D eigenvalue weighted by Crippen LogP contribution is 2.12. The maximum absolute atomic E-state index is 4.98. The van der Waals surface area contributed by atoms with E-state index in [1.165, 1.54) is 0 Å². The Bertz CT molecular complexity index is 247. The van der Waals surface area contributed by atoms with Crippen LogP contribution in [0.25, 0.3) is 0 Å². The molecule has 0 atom stereocenters. The third kappa shape index (κ3) is 2.08. The van der Waals surface area contributed by atoms with Crippen LogP contribution in [0.15, 0.2) is 12.3 Å². The number of hydrogen-bond acceptors (Lipinski definition) is 2. The van der Waals surface area contributed by atoms with Crippen molar-refractivity contribution in [2.24, 2.45) is 0 Å². The van der Waals surface area contributed by atoms with Gasteiger partial charge in [0.25, 0.3) is 0 Å². The quantitative estimate of drug-likeness (QED) is 0.673. The van der Waals surface area contributed by atoms with Crippen LogP contribution in [0, 0.1) is 0 Å². The number of ether oxygens (including phenoxy) is 1. The second kappa shape index (κ2) is 3.27. The van der Waals surface area contributed by atoms with Gasteiger partial charge in [-0.05, 0) is 26.8 Å². The Balaban J connectivity index is 2.77. The predicted octanol–water partition coefficient (Wildman–Crippen LogP) is 1.78. The van der Waals surface area contributed by atoms with Gasteiger partial charge >= 0.3 is 0 Å². The highest BCUT2D eigenvalue weighted by atomic mass is 16.5. The second-order valence-electron chi connectivity index (χ2n) is 3.86. The summed E-state index contributed by atoms with van der Waals surface area (Å²) in [6.07, 6.45) is 1.98. The van der Waals surface area contributed by atoms with Gasteiger partial charge in [-0.15, -0.1) is 0 Å². The van der Waals surface area contributed by atoms with Gasteiger partial charge in [-0.2, -0.15) is 5.10 Å². The van der Waals surface area contributed by atoms with E-state index in [0.717, 1.165) is 5.69 Å². The van der Waals surface area contributed by atoms with Crippen LogP contribution in [-0.4, -0.2) is 16.9 Å². The number of hydrogen-bond donors (Lipinski definition) is 0. The van der Waals surface area contributed by atoms with Gasteiger partial charge < -0.3 is 4.74 Å². The first-order valence-corrected chi connectivity index (χ1v) is 4.08. The third-order valence-electron chi connectivity index (χ3n) is 1.62. The molecule has 0 radical (unpaired) electrons. The van der Waals surface area contributed by atoms with Crippen molar-refractivity contribution in [3.05, 3.63) is 18.0 Å². The van der Waals surface area contributed by atoms with Crippen LogP contribution in [0.3, 0.4) is 0 Å². The van der Waals surface area contributed by atoms with Gasteiger partial charge in [0.1, 0.15) is 0 Å². The second-order valence-corrected chi connectivity index (χ2v) is 3.86. The summed E-state index contributed by atoms with van der Waals surface area (Å²) in [5.41, 5.74) is 1.04. The molecule has 0 fully saturated rings. The fraction of sp³-hybridized carbons (Fsp3) is 0.667. The first-order chi connectivity index (χ1) is 5.54. The summed E-state index contributed by atoms with van der Waals surface area (Å²) >= 11 is 0. The zero-order valence-electron chi connectivity index (χ0n) is 8.16. The van der Waals surface area contributed by atoms with Crippen LogP contribution in [0.1, 0.15) is 26.5 Å². The average Bonchev–Trinajstić information content (AvgIpc) is 2.35. The first kappa shape index (κ1) is 9.26. The Kier molecular flexibility index (Phi) is 2.52. The Labute approximate surface area is 73.3 Å². The SMILES string of the molecule is COCc1ccn(C(C)(C)C)n1. The van der Waals surface area contributed by atoms with E-state index >= 15 is 0 Å². The van der Waals surface area contributed by atoms with Gasteiger partial charge in [0.2, 0.25) is 0 Å². The zero-order valence-corrected chi connectivity index (χ0v) is 8.16. The summed E-state index contributed by atoms with van der Waals surface area (Å²) in [6.45, 7) is 6.95. The molecule has 0 unspecified atom stereocenters. The fourth-order valence-corrected chi connectivity index (χ4v) is 0.960. The van der Waals surface area contributed by atoms with E-state index in [-0.39, 0.29) is 5.54 Å². The average molecular weight is 168 g/mol. The van der Waals surface area contributed by atoms with Crippen molar-refractivity contribution < 1.29 is 4.74 Å². The van der Waals surface area contributed by atoms with Crippen LogP contribution in [0.5, 0.6) is 0 Å². The molecule has 0 N–H and O–H groups in total. The van der Waals surface area contributed by atoms with Gasteiger partial charge in [-0.3, -0.25) is 4.68 Å². The smallest absolute Gasteiger partial charge is 0.0902 e. The fourth-order valence-electron chi connectivity index (χ4n) is 0.960. The topological polar surface area (TPSA) is 27.1 Å². The summed E-state index contributed by atoms with van der Waals surface area (Å²) in [4.78, 5) is 0. The monoisotopic (exact) mass is 168 g/mol. The van der Waals surface area contributed by atoms with Crippen LogP contribution in [0.2, 0.25) is 0 Å². The lowest BCUT2D eigenvalue weighted by molar-refractivity contribution is 0.179. The minimum absolute atomic E-state index is 0.0615. The van der Waals surface area contributed by atoms with Crippen molar-refractivity contribution in [3.8, 4) is 0 Å². The molecule has 0 aliphatic carbocycles. The first-order valence-electron chi connectivity index (χ1n) is 4.08. The molecule has 68 valence electrons. The lowest BCUT2D eigenvalue weighted by atomic mass is 10.1. The third-order valence-corrected chi connectivity index (χ3v) is 1.62. The largest absolute Gasteiger partial charge is 0.378 e. The lowest BCUT2D eigenvalue weighted by Crippen LogP contribution is -2.22. The van der Waals surface area contributed by atoms with Crippen molar-refractivity contribution in [2.45, 2.75) is 32.9 Å². The summed E-state index contributed by atoms with van der Waals surface area (Å²) in [7, 11) is 1.68. The molecule has 0 aromatic carbocycles. The molecular formula is C9H16N2O. The molecule has 12 heavy (non-hydrogen) atoms. The van der Waals surface area contributed by atoms with E-state index in [4.69, 9.17) is 4.74 Å². The summed E-state index contributed by atoms with van der Waals surface area (Å²) in [5.74, 6) is 0. The molecule has 0 spiro atoms. The van der Waals surface area contributed by atoms with E-state index in [2.05, 4.69) is 25.9 Å². The standard InChI is InChI=1S/C9H16N2O/c1-9(2,3)11-6-5-8(10-11)7-12-4/h5-6H,7H2,1-4H3. The summed E-state index contributed by atoms with van der Waals surface area (Å²) in [6, 6.07) is 1.98. The Morgan fingerprint density at radius 2 is 2.17 bits per heavy atom. The molecule has 1 heterocycles. The van der Waals surface area contributed by atoms with E-state index in [9.17, 15) is 0 Å². The lowest BCUT2D eigenvalue weighted by Gasteiger charge is -2.18. The number of aromatic nitrogens is 2. The van der Waals surface area contributed by atoms with Gasteiger partial charge in [0, 0.05) is 13.3 Å². The van der Waals surface area contributed by atoms with Crippen molar-refractivity contribution >= 4 is 0 Å². The van der Waals surface area contributed by atoms with Crippen LogP contribution < -0.4 is 0 Å². The zero-order chi connectivity index (χ0) is 9.19. The summed E-state index contributed by atoms with van der Waals surface area (Å²) in [5, 5.41) is 4.36. The highest BCUT2D eigenvalue weighted by molar-refractivity contribution is 4.98. The molecule has 0 saturated carbocycles. The molecule has 3 heteroatoms. The number of methoxy groups -OCH3 is 1. The Hall–Kier alpha value is -0.830. The Morgan fingerprint density at radius 3 is 2.58 bits per heavy atom. The van der Waals surface area contributed by atoms with Crippen LogP contribution >= 0.6 is 0 Å². The molecular weight excluding hydrogens is 152 g/mol. The van der Waals surface area contributed by atoms with Crippen molar-refractivity contribution in [1.82, 2.24) is 9.78 Å². The van der Waals surface area contributed by atoms with Crippen LogP contribution in [-0.2, 0) is 16.9 Å². The van der Waals surface area contributed by atoms with Gasteiger partial charge in [0.15, 0.2) is 0 Å². The molecule has 1 aromatic heterocycles. The number of nitrogens with zero attached hydrogens (tertiary/aromatic N) is 2. The predicted molar refractivity (Wildman–Crippen MR) is 47.9 cm³/mol. The highest BCUT2D eigenvalue weighted by Gasteiger charge is 2.13. The normalized spacial score (nSPS) is 12.0. The van der Waals surface area contributed by atoms with Crippen molar-refractivity contribution in [2.75, 3.05) is 7.11 Å². The molecule has 0 aliphatic rings. The van der Waals surface area contributed by atoms with E-state index in [0.29, 0.717) is 6.61 Å². The minimum atomic E-state index is 0.0615. The van der Waals surface area contributed by atoms with Gasteiger partial charge in [-0.1, -0.05) is 0 Å². The molecule has 1 aromatic rings. The summed E-state index contributed by atoms with van der Waals surface area (Å²) < 4.78 is 6.92. The Morgan fingerprint density at radius 1 is 1.50 bits per heavy atom. The number of rotatable bonds is 2. The molecule has 0 saturated heterocycles.